The van der Waals surface area contributed by atoms with E-state index in [0.29, 0.717) is 9.13 Å². The number of nitrogens with one attached hydrogen (secondary N) is 1. The van der Waals surface area contributed by atoms with Crippen molar-refractivity contribution in [1.82, 2.24) is 10.2 Å². The van der Waals surface area contributed by atoms with Gasteiger partial charge in [-0.05, 0) is 53.6 Å². The predicted molar refractivity (Wildman–Crippen MR) is 88.8 cm³/mol. The molecule has 0 atom stereocenters. The van der Waals surface area contributed by atoms with Gasteiger partial charge in [-0.25, -0.2) is 4.39 Å². The lowest BCUT2D eigenvalue weighted by molar-refractivity contribution is 0.0221. The fourth-order valence-corrected chi connectivity index (χ4v) is 4.33. The summed E-state index contributed by atoms with van der Waals surface area (Å²) in [7, 11) is 0. The highest BCUT2D eigenvalue weighted by atomic mass is 127. The fourth-order valence-electron chi connectivity index (χ4n) is 3.63. The smallest absolute Gasteiger partial charge is 0.255 e. The van der Waals surface area contributed by atoms with Gasteiger partial charge in [-0.3, -0.25) is 4.79 Å². The molecule has 1 aromatic carbocycles. The Labute approximate surface area is 138 Å². The van der Waals surface area contributed by atoms with E-state index in [1.54, 1.807) is 6.07 Å². The average Bonchev–Trinajstić information content (AvgIpc) is 2.48. The number of hydrogen-bond donors (Lipinski definition) is 1. The van der Waals surface area contributed by atoms with Gasteiger partial charge in [-0.15, -0.1) is 0 Å². The minimum absolute atomic E-state index is 0.0367. The molecule has 1 spiro atoms. The quantitative estimate of drug-likeness (QED) is 0.732. The number of piperazine rings is 1. The Hall–Kier alpha value is -0.690. The first-order valence-corrected chi connectivity index (χ1v) is 8.68. The highest BCUT2D eigenvalue weighted by Crippen LogP contribution is 2.35. The number of carbonyl (C=O) groups excluding carboxylic acids is 1. The van der Waals surface area contributed by atoms with Gasteiger partial charge in [-0.1, -0.05) is 19.3 Å². The maximum Gasteiger partial charge on any atom is 0.255 e. The van der Waals surface area contributed by atoms with Gasteiger partial charge in [0.2, 0.25) is 0 Å². The van der Waals surface area contributed by atoms with E-state index in [2.05, 4.69) is 32.8 Å². The summed E-state index contributed by atoms with van der Waals surface area (Å²) in [6.45, 7) is 2.47. The van der Waals surface area contributed by atoms with Crippen LogP contribution in [0.3, 0.4) is 0 Å². The van der Waals surface area contributed by atoms with Crippen LogP contribution in [0, 0.1) is 9.39 Å². The Morgan fingerprint density at radius 1 is 1.29 bits per heavy atom. The van der Waals surface area contributed by atoms with Crippen molar-refractivity contribution in [3.8, 4) is 0 Å². The van der Waals surface area contributed by atoms with Crippen molar-refractivity contribution in [2.24, 2.45) is 0 Å². The molecule has 1 heterocycles. The molecule has 1 saturated carbocycles. The summed E-state index contributed by atoms with van der Waals surface area (Å²) in [5.41, 5.74) is 0.592. The lowest BCUT2D eigenvalue weighted by atomic mass is 9.78. The van der Waals surface area contributed by atoms with Gasteiger partial charge in [-0.2, -0.15) is 0 Å². The number of hydrogen-bond acceptors (Lipinski definition) is 2. The van der Waals surface area contributed by atoms with E-state index in [9.17, 15) is 9.18 Å². The van der Waals surface area contributed by atoms with Gasteiger partial charge < -0.3 is 10.2 Å². The molecule has 114 valence electrons. The fraction of sp³-hybridized carbons (Fsp3) is 0.562. The number of benzene rings is 1. The Morgan fingerprint density at radius 2 is 2.05 bits per heavy atom. The number of rotatable bonds is 1. The van der Waals surface area contributed by atoms with Crippen LogP contribution in [0.2, 0.25) is 0 Å². The average molecular weight is 402 g/mol. The monoisotopic (exact) mass is 402 g/mol. The highest BCUT2D eigenvalue weighted by Gasteiger charge is 2.42. The lowest BCUT2D eigenvalue weighted by Gasteiger charge is -2.50. The molecule has 2 fully saturated rings. The molecule has 0 aromatic heterocycles. The summed E-state index contributed by atoms with van der Waals surface area (Å²) in [6.07, 6.45) is 5.78. The molecule has 1 N–H and O–H groups in total. The molecule has 2 aliphatic rings. The molecule has 1 aromatic rings. The zero-order valence-electron chi connectivity index (χ0n) is 12.0. The standard InChI is InChI=1S/C16H20FIN2O/c17-12-4-5-13(14(18)10-12)15(21)20-9-8-19-11-16(20)6-2-1-3-7-16/h4-5,10,19H,1-3,6-9,11H2. The summed E-state index contributed by atoms with van der Waals surface area (Å²) in [4.78, 5) is 15.0. The largest absolute Gasteiger partial charge is 0.330 e. The zero-order valence-corrected chi connectivity index (χ0v) is 14.2. The number of nitrogens with zero attached hydrogens (tertiary/aromatic N) is 1. The van der Waals surface area contributed by atoms with Crippen molar-refractivity contribution >= 4 is 28.5 Å². The topological polar surface area (TPSA) is 32.3 Å². The van der Waals surface area contributed by atoms with Gasteiger partial charge in [0.05, 0.1) is 11.1 Å². The van der Waals surface area contributed by atoms with Crippen molar-refractivity contribution in [3.05, 3.63) is 33.1 Å². The van der Waals surface area contributed by atoms with Gasteiger partial charge in [0, 0.05) is 23.2 Å². The Balaban J connectivity index is 1.90. The first-order chi connectivity index (χ1) is 10.1. The van der Waals surface area contributed by atoms with Crippen LogP contribution in [0.1, 0.15) is 42.5 Å². The van der Waals surface area contributed by atoms with Crippen LogP contribution in [-0.4, -0.2) is 36.0 Å². The summed E-state index contributed by atoms with van der Waals surface area (Å²) in [5.74, 6) is -0.230. The molecule has 1 aliphatic carbocycles. The van der Waals surface area contributed by atoms with Crippen molar-refractivity contribution in [3.63, 3.8) is 0 Å². The molecule has 1 saturated heterocycles. The molecule has 1 amide bonds. The van der Waals surface area contributed by atoms with E-state index in [1.165, 1.54) is 31.4 Å². The maximum atomic E-state index is 13.3. The first-order valence-electron chi connectivity index (χ1n) is 7.60. The second kappa shape index (κ2) is 6.20. The molecule has 0 bridgehead atoms. The molecule has 3 rings (SSSR count). The Bertz CT molecular complexity index is 535. The second-order valence-corrected chi connectivity index (χ2v) is 7.20. The van der Waals surface area contributed by atoms with Crippen LogP contribution in [0.4, 0.5) is 4.39 Å². The third-order valence-corrected chi connectivity index (χ3v) is 5.62. The summed E-state index contributed by atoms with van der Waals surface area (Å²) >= 11 is 2.05. The predicted octanol–water partition coefficient (Wildman–Crippen LogP) is 3.18. The molecule has 5 heteroatoms. The third kappa shape index (κ3) is 2.95. The van der Waals surface area contributed by atoms with E-state index in [-0.39, 0.29) is 17.3 Å². The second-order valence-electron chi connectivity index (χ2n) is 6.04. The van der Waals surface area contributed by atoms with E-state index in [4.69, 9.17) is 0 Å². The normalized spacial score (nSPS) is 21.5. The van der Waals surface area contributed by atoms with Crippen molar-refractivity contribution < 1.29 is 9.18 Å². The zero-order chi connectivity index (χ0) is 14.9. The van der Waals surface area contributed by atoms with Crippen LogP contribution < -0.4 is 5.32 Å². The van der Waals surface area contributed by atoms with E-state index in [1.807, 2.05) is 0 Å². The maximum absolute atomic E-state index is 13.3. The van der Waals surface area contributed by atoms with Gasteiger partial charge >= 0.3 is 0 Å². The highest BCUT2D eigenvalue weighted by molar-refractivity contribution is 14.1. The summed E-state index contributed by atoms with van der Waals surface area (Å²) in [5, 5.41) is 3.45. The van der Waals surface area contributed by atoms with Crippen LogP contribution in [-0.2, 0) is 0 Å². The van der Waals surface area contributed by atoms with Crippen molar-refractivity contribution in [2.75, 3.05) is 19.6 Å². The number of carbonyl (C=O) groups is 1. The molecule has 1 aliphatic heterocycles. The molecule has 0 radical (unpaired) electrons. The summed E-state index contributed by atoms with van der Waals surface area (Å²) < 4.78 is 14.0. The lowest BCUT2D eigenvalue weighted by Crippen LogP contribution is -2.63. The van der Waals surface area contributed by atoms with Crippen LogP contribution in [0.15, 0.2) is 18.2 Å². The van der Waals surface area contributed by atoms with Gasteiger partial charge in [0.1, 0.15) is 5.82 Å². The summed E-state index contributed by atoms with van der Waals surface area (Å²) in [6, 6.07) is 4.44. The minimum atomic E-state index is -0.288. The first kappa shape index (κ1) is 15.2. The Morgan fingerprint density at radius 3 is 2.76 bits per heavy atom. The molecular weight excluding hydrogens is 382 g/mol. The third-order valence-electron chi connectivity index (χ3n) is 4.73. The van der Waals surface area contributed by atoms with Crippen molar-refractivity contribution in [1.29, 1.82) is 0 Å². The van der Waals surface area contributed by atoms with Crippen LogP contribution in [0.25, 0.3) is 0 Å². The molecule has 3 nitrogen and oxygen atoms in total. The van der Waals surface area contributed by atoms with Crippen molar-refractivity contribution in [2.45, 2.75) is 37.6 Å². The van der Waals surface area contributed by atoms with Gasteiger partial charge in [0.25, 0.3) is 5.91 Å². The number of amides is 1. The van der Waals surface area contributed by atoms with E-state index >= 15 is 0 Å². The number of halogens is 2. The molecular formula is C16H20FIN2O. The van der Waals surface area contributed by atoms with Crippen LogP contribution in [0.5, 0.6) is 0 Å². The van der Waals surface area contributed by atoms with E-state index < -0.39 is 0 Å². The van der Waals surface area contributed by atoms with E-state index in [0.717, 1.165) is 32.5 Å². The SMILES string of the molecule is O=C(c1ccc(F)cc1I)N1CCNCC12CCCCC2. The molecule has 0 unspecified atom stereocenters. The Kier molecular flexibility index (Phi) is 4.49. The van der Waals surface area contributed by atoms with Crippen LogP contribution >= 0.6 is 22.6 Å². The minimum Gasteiger partial charge on any atom is -0.330 e. The molecule has 21 heavy (non-hydrogen) atoms. The van der Waals surface area contributed by atoms with Gasteiger partial charge in [0.15, 0.2) is 0 Å².